The Balaban J connectivity index is 0.00000176. The zero-order chi connectivity index (χ0) is 14.5. The molecule has 2 saturated heterocycles. The lowest BCUT2D eigenvalue weighted by Gasteiger charge is -2.27. The number of piperidine rings is 1. The number of halogens is 1. The summed E-state index contributed by atoms with van der Waals surface area (Å²) in [6, 6.07) is 4.36. The number of rotatable bonds is 4. The molecule has 0 aromatic carbocycles. The molecule has 2 aliphatic heterocycles. The van der Waals surface area contributed by atoms with Crippen LogP contribution in [0.25, 0.3) is 0 Å². The molecular formula is C17H26ClN3O. The van der Waals surface area contributed by atoms with Crippen LogP contribution in [0.3, 0.4) is 0 Å². The lowest BCUT2D eigenvalue weighted by atomic mass is 9.93. The van der Waals surface area contributed by atoms with Crippen LogP contribution in [0, 0.1) is 5.92 Å². The molecule has 0 radical (unpaired) electrons. The van der Waals surface area contributed by atoms with Gasteiger partial charge < -0.3 is 10.2 Å². The second-order valence-electron chi connectivity index (χ2n) is 6.26. The summed E-state index contributed by atoms with van der Waals surface area (Å²) in [7, 11) is 0. The Labute approximate surface area is 139 Å². The van der Waals surface area contributed by atoms with Gasteiger partial charge in [0.2, 0.25) is 5.91 Å². The molecule has 1 N–H and O–H groups in total. The predicted molar refractivity (Wildman–Crippen MR) is 90.0 cm³/mol. The zero-order valence-corrected chi connectivity index (χ0v) is 13.9. The van der Waals surface area contributed by atoms with E-state index in [0.29, 0.717) is 12.3 Å². The van der Waals surface area contributed by atoms with Gasteiger partial charge in [-0.25, -0.2) is 0 Å². The van der Waals surface area contributed by atoms with E-state index >= 15 is 0 Å². The van der Waals surface area contributed by atoms with Crippen LogP contribution in [-0.4, -0.2) is 35.4 Å². The van der Waals surface area contributed by atoms with E-state index < -0.39 is 0 Å². The van der Waals surface area contributed by atoms with E-state index in [1.54, 1.807) is 0 Å². The van der Waals surface area contributed by atoms with Crippen LogP contribution >= 0.6 is 12.4 Å². The predicted octanol–water partition coefficient (Wildman–Crippen LogP) is 2.95. The van der Waals surface area contributed by atoms with Gasteiger partial charge in [-0.1, -0.05) is 0 Å². The summed E-state index contributed by atoms with van der Waals surface area (Å²) in [5.74, 6) is 1.07. The largest absolute Gasteiger partial charge is 0.336 e. The highest BCUT2D eigenvalue weighted by atomic mass is 35.5. The lowest BCUT2D eigenvalue weighted by molar-refractivity contribution is -0.132. The molecule has 2 aliphatic rings. The van der Waals surface area contributed by atoms with E-state index in [2.05, 4.69) is 15.2 Å². The van der Waals surface area contributed by atoms with Crippen LogP contribution in [0.2, 0.25) is 0 Å². The minimum Gasteiger partial charge on any atom is -0.336 e. The molecular weight excluding hydrogens is 298 g/mol. The Kier molecular flexibility index (Phi) is 6.65. The molecule has 3 rings (SSSR count). The maximum absolute atomic E-state index is 12.6. The highest BCUT2D eigenvalue weighted by Crippen LogP contribution is 2.32. The fourth-order valence-electron chi connectivity index (χ4n) is 3.64. The van der Waals surface area contributed by atoms with E-state index in [4.69, 9.17) is 0 Å². The molecule has 1 atom stereocenters. The summed E-state index contributed by atoms with van der Waals surface area (Å²) >= 11 is 0. The molecule has 0 saturated carbocycles. The van der Waals surface area contributed by atoms with Crippen molar-refractivity contribution >= 4 is 18.3 Å². The first-order chi connectivity index (χ1) is 10.3. The number of carbonyl (C=O) groups excluding carboxylic acids is 1. The topological polar surface area (TPSA) is 45.2 Å². The number of hydrogen-bond acceptors (Lipinski definition) is 3. The Morgan fingerprint density at radius 3 is 2.68 bits per heavy atom. The third kappa shape index (κ3) is 4.20. The van der Waals surface area contributed by atoms with E-state index in [0.717, 1.165) is 44.8 Å². The van der Waals surface area contributed by atoms with Crippen molar-refractivity contribution in [2.45, 2.75) is 44.6 Å². The zero-order valence-electron chi connectivity index (χ0n) is 13.0. The van der Waals surface area contributed by atoms with E-state index in [9.17, 15) is 4.79 Å². The number of pyridine rings is 1. The number of nitrogens with zero attached hydrogens (tertiary/aromatic N) is 2. The Hall–Kier alpha value is -1.13. The summed E-state index contributed by atoms with van der Waals surface area (Å²) in [4.78, 5) is 18.7. The average molecular weight is 324 g/mol. The number of aromatic nitrogens is 1. The second-order valence-corrected chi connectivity index (χ2v) is 6.26. The van der Waals surface area contributed by atoms with Gasteiger partial charge in [0.05, 0.1) is 6.04 Å². The number of amides is 1. The molecule has 3 heterocycles. The van der Waals surface area contributed by atoms with Crippen molar-refractivity contribution in [1.82, 2.24) is 15.2 Å². The Bertz CT molecular complexity index is 462. The van der Waals surface area contributed by atoms with Crippen molar-refractivity contribution in [2.75, 3.05) is 19.6 Å². The van der Waals surface area contributed by atoms with Crippen molar-refractivity contribution < 1.29 is 4.79 Å². The number of hydrogen-bond donors (Lipinski definition) is 1. The lowest BCUT2D eigenvalue weighted by Crippen LogP contribution is -2.32. The van der Waals surface area contributed by atoms with Gasteiger partial charge in [0.25, 0.3) is 0 Å². The van der Waals surface area contributed by atoms with E-state index in [-0.39, 0.29) is 18.4 Å². The molecule has 1 aromatic heterocycles. The molecule has 1 unspecified atom stereocenters. The first-order valence-electron chi connectivity index (χ1n) is 8.24. The molecule has 122 valence electrons. The summed E-state index contributed by atoms with van der Waals surface area (Å²) in [5.41, 5.74) is 1.23. The van der Waals surface area contributed by atoms with Crippen molar-refractivity contribution in [3.8, 4) is 0 Å². The van der Waals surface area contributed by atoms with Crippen LogP contribution in [0.1, 0.15) is 50.1 Å². The number of carbonyl (C=O) groups is 1. The number of likely N-dealkylation sites (tertiary alicyclic amines) is 1. The smallest absolute Gasteiger partial charge is 0.223 e. The molecule has 0 spiro atoms. The average Bonchev–Trinajstić information content (AvgIpc) is 3.04. The fourth-order valence-corrected chi connectivity index (χ4v) is 3.64. The normalized spacial score (nSPS) is 22.4. The Morgan fingerprint density at radius 1 is 1.23 bits per heavy atom. The van der Waals surface area contributed by atoms with Gasteiger partial charge in [0.15, 0.2) is 0 Å². The molecule has 0 aliphatic carbocycles. The van der Waals surface area contributed by atoms with Gasteiger partial charge in [-0.2, -0.15) is 0 Å². The molecule has 1 amide bonds. The molecule has 1 aromatic rings. The summed E-state index contributed by atoms with van der Waals surface area (Å²) in [6.07, 6.45) is 10.1. The summed E-state index contributed by atoms with van der Waals surface area (Å²) in [6.45, 7) is 3.14. The van der Waals surface area contributed by atoms with E-state index in [1.807, 2.05) is 24.5 Å². The van der Waals surface area contributed by atoms with E-state index in [1.165, 1.54) is 18.4 Å². The summed E-state index contributed by atoms with van der Waals surface area (Å²) in [5, 5.41) is 3.38. The first-order valence-corrected chi connectivity index (χ1v) is 8.24. The maximum atomic E-state index is 12.6. The third-order valence-corrected chi connectivity index (χ3v) is 4.89. The van der Waals surface area contributed by atoms with Crippen LogP contribution in [-0.2, 0) is 4.79 Å². The molecule has 22 heavy (non-hydrogen) atoms. The molecule has 2 fully saturated rings. The van der Waals surface area contributed by atoms with Crippen LogP contribution in [0.4, 0.5) is 0 Å². The fraction of sp³-hybridized carbons (Fsp3) is 0.647. The first kappa shape index (κ1) is 17.2. The SMILES string of the molecule is Cl.O=C(CCC1CCNCC1)N1CCCC1c1ccncc1. The van der Waals surface area contributed by atoms with Gasteiger partial charge in [-0.3, -0.25) is 9.78 Å². The van der Waals surface area contributed by atoms with Crippen LogP contribution < -0.4 is 5.32 Å². The van der Waals surface area contributed by atoms with Gasteiger partial charge >= 0.3 is 0 Å². The monoisotopic (exact) mass is 323 g/mol. The second kappa shape index (κ2) is 8.49. The maximum Gasteiger partial charge on any atom is 0.223 e. The van der Waals surface area contributed by atoms with Gasteiger partial charge in [0.1, 0.15) is 0 Å². The van der Waals surface area contributed by atoms with Gasteiger partial charge in [0, 0.05) is 25.4 Å². The standard InChI is InChI=1S/C17H25N3O.ClH/c21-17(4-3-14-5-9-18-10-6-14)20-13-1-2-16(20)15-7-11-19-12-8-15;/h7-8,11-12,14,16,18H,1-6,9-10,13H2;1H. The number of nitrogens with one attached hydrogen (secondary N) is 1. The quantitative estimate of drug-likeness (QED) is 0.926. The molecule has 0 bridgehead atoms. The highest BCUT2D eigenvalue weighted by Gasteiger charge is 2.29. The third-order valence-electron chi connectivity index (χ3n) is 4.89. The van der Waals surface area contributed by atoms with Crippen molar-refractivity contribution in [2.24, 2.45) is 5.92 Å². The highest BCUT2D eigenvalue weighted by molar-refractivity contribution is 5.85. The minimum atomic E-state index is 0. The van der Waals surface area contributed by atoms with Crippen LogP contribution in [0.15, 0.2) is 24.5 Å². The van der Waals surface area contributed by atoms with Crippen molar-refractivity contribution in [1.29, 1.82) is 0 Å². The van der Waals surface area contributed by atoms with Gasteiger partial charge in [-0.15, -0.1) is 12.4 Å². The molecule has 5 heteroatoms. The minimum absolute atomic E-state index is 0. The Morgan fingerprint density at radius 2 is 1.95 bits per heavy atom. The van der Waals surface area contributed by atoms with Crippen LogP contribution in [0.5, 0.6) is 0 Å². The molecule has 4 nitrogen and oxygen atoms in total. The van der Waals surface area contributed by atoms with Crippen molar-refractivity contribution in [3.63, 3.8) is 0 Å². The summed E-state index contributed by atoms with van der Waals surface area (Å²) < 4.78 is 0. The van der Waals surface area contributed by atoms with Crippen molar-refractivity contribution in [3.05, 3.63) is 30.1 Å². The van der Waals surface area contributed by atoms with Gasteiger partial charge in [-0.05, 0) is 68.8 Å².